The number of rotatable bonds is 25. The Hall–Kier alpha value is -3.10. The van der Waals surface area contributed by atoms with Gasteiger partial charge in [-0.25, -0.2) is 9.79 Å². The van der Waals surface area contributed by atoms with Gasteiger partial charge in [0.2, 0.25) is 5.13 Å². The van der Waals surface area contributed by atoms with E-state index in [2.05, 4.69) is 29.0 Å². The van der Waals surface area contributed by atoms with Crippen LogP contribution in [0.15, 0.2) is 53.5 Å². The standard InChI is InChI=1S/C38H55N3O4S/c1-4-6-8-10-12-14-16-18-28-43-31(3)37(42)45-35-24-20-32(21-25-35)30-39-38-41-40-36(46-38)33-22-26-34(27-23-33)44-29-19-17-15-13-11-9-7-5-2/h20-27,30-31H,4-19,28-29H2,1-3H3/b39-30+/t31-/m0/s1. The molecule has 7 nitrogen and oxygen atoms in total. The lowest BCUT2D eigenvalue weighted by atomic mass is 10.1. The smallest absolute Gasteiger partial charge is 0.340 e. The number of unbranched alkanes of at least 4 members (excludes halogenated alkanes) is 14. The van der Waals surface area contributed by atoms with Gasteiger partial charge in [0.25, 0.3) is 0 Å². The van der Waals surface area contributed by atoms with Crippen molar-refractivity contribution in [2.24, 2.45) is 4.99 Å². The number of benzene rings is 2. The normalized spacial score (nSPS) is 12.1. The predicted molar refractivity (Wildman–Crippen MR) is 191 cm³/mol. The zero-order valence-corrected chi connectivity index (χ0v) is 29.2. The van der Waals surface area contributed by atoms with Gasteiger partial charge in [-0.1, -0.05) is 115 Å². The van der Waals surface area contributed by atoms with E-state index in [4.69, 9.17) is 14.2 Å². The Kier molecular flexibility index (Phi) is 18.9. The summed E-state index contributed by atoms with van der Waals surface area (Å²) in [5, 5.41) is 9.91. The van der Waals surface area contributed by atoms with Crippen molar-refractivity contribution in [3.8, 4) is 22.1 Å². The van der Waals surface area contributed by atoms with Crippen LogP contribution in [0.1, 0.15) is 129 Å². The summed E-state index contributed by atoms with van der Waals surface area (Å²) >= 11 is 1.43. The molecule has 46 heavy (non-hydrogen) atoms. The second-order valence-corrected chi connectivity index (χ2v) is 12.9. The van der Waals surface area contributed by atoms with Gasteiger partial charge in [-0.05, 0) is 73.9 Å². The monoisotopic (exact) mass is 649 g/mol. The first-order chi connectivity index (χ1) is 22.6. The second-order valence-electron chi connectivity index (χ2n) is 12.0. The molecule has 0 saturated heterocycles. The first kappa shape index (κ1) is 37.4. The molecule has 1 atom stereocenters. The Balaban J connectivity index is 1.33. The number of nitrogens with zero attached hydrogens (tertiary/aromatic N) is 3. The van der Waals surface area contributed by atoms with E-state index >= 15 is 0 Å². The van der Waals surface area contributed by atoms with Crippen molar-refractivity contribution in [1.82, 2.24) is 10.2 Å². The lowest BCUT2D eigenvalue weighted by Gasteiger charge is -2.12. The molecule has 2 aromatic carbocycles. The third-order valence-corrected chi connectivity index (χ3v) is 8.78. The van der Waals surface area contributed by atoms with Gasteiger partial charge in [0, 0.05) is 18.4 Å². The third kappa shape index (κ3) is 15.5. The Bertz CT molecular complexity index is 1240. The molecule has 0 N–H and O–H groups in total. The quantitative estimate of drug-likeness (QED) is 0.0393. The Morgan fingerprint density at radius 1 is 0.717 bits per heavy atom. The van der Waals surface area contributed by atoms with Crippen LogP contribution < -0.4 is 9.47 Å². The van der Waals surface area contributed by atoms with Gasteiger partial charge in [-0.15, -0.1) is 10.2 Å². The largest absolute Gasteiger partial charge is 0.494 e. The molecule has 0 radical (unpaired) electrons. The summed E-state index contributed by atoms with van der Waals surface area (Å²) in [6.07, 6.45) is 21.3. The Morgan fingerprint density at radius 3 is 1.87 bits per heavy atom. The summed E-state index contributed by atoms with van der Waals surface area (Å²) in [5.41, 5.74) is 1.86. The minimum atomic E-state index is -0.596. The molecule has 0 fully saturated rings. The maximum absolute atomic E-state index is 12.4. The van der Waals surface area contributed by atoms with Gasteiger partial charge < -0.3 is 14.2 Å². The highest BCUT2D eigenvalue weighted by atomic mass is 32.1. The van der Waals surface area contributed by atoms with Crippen molar-refractivity contribution in [1.29, 1.82) is 0 Å². The number of aliphatic imine (C=N–C) groups is 1. The fourth-order valence-corrected chi connectivity index (χ4v) is 5.71. The number of carbonyl (C=O) groups is 1. The first-order valence-corrected chi connectivity index (χ1v) is 18.4. The fourth-order valence-electron chi connectivity index (χ4n) is 5.02. The van der Waals surface area contributed by atoms with Gasteiger partial charge in [0.05, 0.1) is 6.61 Å². The maximum atomic E-state index is 12.4. The molecule has 0 aliphatic rings. The van der Waals surface area contributed by atoms with Crippen molar-refractivity contribution >= 4 is 28.7 Å². The highest BCUT2D eigenvalue weighted by molar-refractivity contribution is 7.18. The molecular weight excluding hydrogens is 595 g/mol. The molecule has 1 heterocycles. The molecule has 0 spiro atoms. The van der Waals surface area contributed by atoms with E-state index in [1.807, 2.05) is 36.4 Å². The average Bonchev–Trinajstić information content (AvgIpc) is 3.56. The van der Waals surface area contributed by atoms with Crippen LogP contribution in [-0.4, -0.2) is 41.7 Å². The summed E-state index contributed by atoms with van der Waals surface area (Å²) in [6.45, 7) is 7.56. The van der Waals surface area contributed by atoms with Gasteiger partial charge in [-0.2, -0.15) is 0 Å². The molecule has 3 aromatic rings. The zero-order chi connectivity index (χ0) is 32.7. The molecule has 1 aromatic heterocycles. The highest BCUT2D eigenvalue weighted by Gasteiger charge is 2.16. The molecule has 252 valence electrons. The molecular formula is C38H55N3O4S. The van der Waals surface area contributed by atoms with Crippen LogP contribution in [-0.2, 0) is 9.53 Å². The number of carbonyl (C=O) groups excluding carboxylic acids is 1. The number of hydrogen-bond acceptors (Lipinski definition) is 8. The molecule has 3 rings (SSSR count). The van der Waals surface area contributed by atoms with Crippen molar-refractivity contribution < 1.29 is 19.0 Å². The number of ether oxygens (including phenoxy) is 3. The maximum Gasteiger partial charge on any atom is 0.340 e. The summed E-state index contributed by atoms with van der Waals surface area (Å²) in [7, 11) is 0. The molecule has 0 unspecified atom stereocenters. The summed E-state index contributed by atoms with van der Waals surface area (Å²) in [4.78, 5) is 16.9. The number of hydrogen-bond donors (Lipinski definition) is 0. The van der Waals surface area contributed by atoms with Gasteiger partial charge in [-0.3, -0.25) is 0 Å². The Labute approximate surface area is 281 Å². The molecule has 0 amide bonds. The van der Waals surface area contributed by atoms with Gasteiger partial charge >= 0.3 is 5.97 Å². The van der Waals surface area contributed by atoms with Crippen molar-refractivity contribution in [2.75, 3.05) is 13.2 Å². The number of aromatic nitrogens is 2. The predicted octanol–water partition coefficient (Wildman–Crippen LogP) is 10.9. The summed E-state index contributed by atoms with van der Waals surface area (Å²) < 4.78 is 17.1. The number of esters is 1. The van der Waals surface area contributed by atoms with E-state index in [9.17, 15) is 4.79 Å². The van der Waals surface area contributed by atoms with Crippen LogP contribution >= 0.6 is 11.3 Å². The first-order valence-electron chi connectivity index (χ1n) is 17.6. The lowest BCUT2D eigenvalue weighted by molar-refractivity contribution is -0.146. The van der Waals surface area contributed by atoms with Crippen molar-refractivity contribution in [3.63, 3.8) is 0 Å². The van der Waals surface area contributed by atoms with Crippen LogP contribution in [0.25, 0.3) is 10.6 Å². The van der Waals surface area contributed by atoms with Crippen LogP contribution in [0.5, 0.6) is 11.5 Å². The topological polar surface area (TPSA) is 82.9 Å². The minimum Gasteiger partial charge on any atom is -0.494 e. The molecule has 0 aliphatic heterocycles. The zero-order valence-electron chi connectivity index (χ0n) is 28.4. The van der Waals surface area contributed by atoms with Gasteiger partial charge in [0.15, 0.2) is 6.10 Å². The van der Waals surface area contributed by atoms with Crippen LogP contribution in [0.3, 0.4) is 0 Å². The van der Waals surface area contributed by atoms with E-state index in [0.717, 1.165) is 47.8 Å². The van der Waals surface area contributed by atoms with E-state index in [1.165, 1.54) is 94.8 Å². The van der Waals surface area contributed by atoms with E-state index in [1.54, 1.807) is 25.3 Å². The van der Waals surface area contributed by atoms with Gasteiger partial charge in [0.1, 0.15) is 16.5 Å². The molecule has 0 bridgehead atoms. The SMILES string of the molecule is CCCCCCCCCCOc1ccc(-c2nnc(/N=C/c3ccc(OC(=O)[C@H](C)OCCCCCCCCCC)cc3)s2)cc1. The molecule has 0 aliphatic carbocycles. The lowest BCUT2D eigenvalue weighted by Crippen LogP contribution is -2.26. The summed E-state index contributed by atoms with van der Waals surface area (Å²) in [5.74, 6) is 0.975. The summed E-state index contributed by atoms with van der Waals surface area (Å²) in [6, 6.07) is 15.2. The van der Waals surface area contributed by atoms with Crippen LogP contribution in [0.4, 0.5) is 5.13 Å². The van der Waals surface area contributed by atoms with E-state index in [-0.39, 0.29) is 5.97 Å². The van der Waals surface area contributed by atoms with Crippen molar-refractivity contribution in [3.05, 3.63) is 54.1 Å². The Morgan fingerprint density at radius 2 is 1.26 bits per heavy atom. The highest BCUT2D eigenvalue weighted by Crippen LogP contribution is 2.29. The van der Waals surface area contributed by atoms with E-state index < -0.39 is 6.10 Å². The fraction of sp³-hybridized carbons (Fsp3) is 0.579. The molecule has 0 saturated carbocycles. The van der Waals surface area contributed by atoms with E-state index in [0.29, 0.717) is 17.5 Å². The average molecular weight is 650 g/mol. The van der Waals surface area contributed by atoms with Crippen molar-refractivity contribution in [2.45, 2.75) is 130 Å². The second kappa shape index (κ2) is 23.3. The van der Waals surface area contributed by atoms with Crippen LogP contribution in [0.2, 0.25) is 0 Å². The molecule has 8 heteroatoms. The minimum absolute atomic E-state index is 0.384. The third-order valence-electron chi connectivity index (χ3n) is 7.90. The van der Waals surface area contributed by atoms with Crippen LogP contribution in [0, 0.1) is 0 Å².